The van der Waals surface area contributed by atoms with Gasteiger partial charge in [0.15, 0.2) is 0 Å². The molecule has 0 unspecified atom stereocenters. The van der Waals surface area contributed by atoms with Crippen LogP contribution in [-0.4, -0.2) is 131 Å². The van der Waals surface area contributed by atoms with Gasteiger partial charge in [-0.25, -0.2) is 0 Å². The molecule has 19 nitrogen and oxygen atoms in total. The van der Waals surface area contributed by atoms with Gasteiger partial charge >= 0.3 is 5.97 Å². The zero-order chi connectivity index (χ0) is 38.2. The molecule has 0 saturated carbocycles. The standard InChI is InChI=1S/C32H48N8O11/c1-17(2)26(30(49)36-15-24(44)35-10-6-12-41)39-29(48)22(16-42)38-28(47)21(14-23(34)43)37-31(50)27-19(18-7-4-3-5-8-18)9-11-40(27)32(51)20(33)13-25(45)46/h3-5,7-8,17,19-22,26-27,41-42H,6,9-16,33H2,1-2H3,(H2,34,43)(H,35,44)(H,36,49)(H,37,50)(H,38,47)(H,39,48)(H,45,46)/t19-,20+,21+,22+,26+,27+/m1/s1. The normalized spacial score (nSPS) is 17.7. The second kappa shape index (κ2) is 20.5. The summed E-state index contributed by atoms with van der Waals surface area (Å²) in [7, 11) is 0. The average molecular weight is 721 g/mol. The Morgan fingerprint density at radius 2 is 1.53 bits per heavy atom. The number of primary amides is 1. The van der Waals surface area contributed by atoms with E-state index in [2.05, 4.69) is 26.6 Å². The van der Waals surface area contributed by atoms with Crippen LogP contribution in [0.3, 0.4) is 0 Å². The highest BCUT2D eigenvalue weighted by molar-refractivity contribution is 5.98. The van der Waals surface area contributed by atoms with Gasteiger partial charge in [-0.2, -0.15) is 0 Å². The molecule has 1 fully saturated rings. The van der Waals surface area contributed by atoms with Crippen molar-refractivity contribution in [3.63, 3.8) is 0 Å². The number of nitrogens with zero attached hydrogens (tertiary/aromatic N) is 1. The molecule has 1 aromatic rings. The van der Waals surface area contributed by atoms with E-state index in [1.807, 2.05) is 0 Å². The molecule has 12 N–H and O–H groups in total. The third-order valence-corrected chi connectivity index (χ3v) is 8.07. The Labute approximate surface area is 294 Å². The third-order valence-electron chi connectivity index (χ3n) is 8.07. The Morgan fingerprint density at radius 3 is 2.10 bits per heavy atom. The van der Waals surface area contributed by atoms with Crippen LogP contribution >= 0.6 is 0 Å². The summed E-state index contributed by atoms with van der Waals surface area (Å²) >= 11 is 0. The van der Waals surface area contributed by atoms with Gasteiger partial charge in [0.05, 0.1) is 32.0 Å². The van der Waals surface area contributed by atoms with Gasteiger partial charge in [-0.3, -0.25) is 38.4 Å². The number of hydrogen-bond donors (Lipinski definition) is 10. The predicted molar refractivity (Wildman–Crippen MR) is 179 cm³/mol. The number of hydrogen-bond acceptors (Lipinski definition) is 11. The van der Waals surface area contributed by atoms with Crippen LogP contribution in [0.5, 0.6) is 0 Å². The first kappa shape index (κ1) is 42.0. The smallest absolute Gasteiger partial charge is 0.305 e. The summed E-state index contributed by atoms with van der Waals surface area (Å²) in [6, 6.07) is 1.34. The number of amides is 7. The zero-order valence-electron chi connectivity index (χ0n) is 28.5. The first-order valence-electron chi connectivity index (χ1n) is 16.4. The van der Waals surface area contributed by atoms with Crippen LogP contribution in [0.1, 0.15) is 51.0 Å². The largest absolute Gasteiger partial charge is 0.481 e. The van der Waals surface area contributed by atoms with E-state index in [-0.39, 0.29) is 26.1 Å². The van der Waals surface area contributed by atoms with Crippen molar-refractivity contribution in [1.29, 1.82) is 0 Å². The summed E-state index contributed by atoms with van der Waals surface area (Å²) in [5, 5.41) is 39.9. The minimum Gasteiger partial charge on any atom is -0.481 e. The molecule has 1 aliphatic rings. The van der Waals surface area contributed by atoms with Crippen LogP contribution in [0.4, 0.5) is 0 Å². The van der Waals surface area contributed by atoms with E-state index >= 15 is 0 Å². The fraction of sp³-hybridized carbons (Fsp3) is 0.562. The van der Waals surface area contributed by atoms with E-state index in [9.17, 15) is 43.5 Å². The van der Waals surface area contributed by atoms with E-state index in [1.54, 1.807) is 44.2 Å². The molecule has 1 aromatic carbocycles. The van der Waals surface area contributed by atoms with Crippen molar-refractivity contribution in [3.8, 4) is 0 Å². The van der Waals surface area contributed by atoms with Crippen molar-refractivity contribution in [2.45, 2.75) is 75.7 Å². The number of carboxylic acid groups (broad SMARTS) is 1. The first-order chi connectivity index (χ1) is 24.1. The van der Waals surface area contributed by atoms with Crippen molar-refractivity contribution in [2.75, 3.05) is 32.8 Å². The van der Waals surface area contributed by atoms with Crippen molar-refractivity contribution < 1.29 is 53.7 Å². The Balaban J connectivity index is 2.23. The number of nitrogens with one attached hydrogen (secondary N) is 5. The molecule has 0 radical (unpaired) electrons. The molecular formula is C32H48N8O11. The first-order valence-corrected chi connectivity index (χ1v) is 16.4. The minimum absolute atomic E-state index is 0.0300. The number of aliphatic carboxylic acids is 1. The van der Waals surface area contributed by atoms with Crippen LogP contribution in [0.25, 0.3) is 0 Å². The summed E-state index contributed by atoms with van der Waals surface area (Å²) < 4.78 is 0. The lowest BCUT2D eigenvalue weighted by Gasteiger charge is -2.31. The zero-order valence-corrected chi connectivity index (χ0v) is 28.5. The van der Waals surface area contributed by atoms with Gasteiger partial charge in [-0.05, 0) is 24.3 Å². The number of benzene rings is 1. The highest BCUT2D eigenvalue weighted by Gasteiger charge is 2.45. The maximum Gasteiger partial charge on any atom is 0.305 e. The fourth-order valence-corrected chi connectivity index (χ4v) is 5.47. The van der Waals surface area contributed by atoms with Crippen molar-refractivity contribution in [1.82, 2.24) is 31.5 Å². The number of nitrogens with two attached hydrogens (primary N) is 2. The molecule has 0 spiro atoms. The van der Waals surface area contributed by atoms with Crippen molar-refractivity contribution in [3.05, 3.63) is 35.9 Å². The molecule has 7 amide bonds. The van der Waals surface area contributed by atoms with E-state index in [1.165, 1.54) is 0 Å². The van der Waals surface area contributed by atoms with E-state index in [0.717, 1.165) is 4.90 Å². The van der Waals surface area contributed by atoms with Crippen LogP contribution < -0.4 is 38.1 Å². The summed E-state index contributed by atoms with van der Waals surface area (Å²) in [6.07, 6.45) is -0.841. The summed E-state index contributed by atoms with van der Waals surface area (Å²) in [6.45, 7) is 1.91. The molecule has 51 heavy (non-hydrogen) atoms. The Kier molecular flexibility index (Phi) is 16.9. The van der Waals surface area contributed by atoms with E-state index in [0.29, 0.717) is 12.0 Å². The molecular weight excluding hydrogens is 672 g/mol. The summed E-state index contributed by atoms with van der Waals surface area (Å²) in [5.74, 6) is -8.52. The number of aliphatic hydroxyl groups is 2. The third kappa shape index (κ3) is 12.9. The second-order valence-corrected chi connectivity index (χ2v) is 12.3. The SMILES string of the molecule is CC(C)[C@H](NC(=O)[C@H](CO)NC(=O)[C@H](CC(N)=O)NC(=O)[C@@H]1[C@@H](c2ccccc2)CCN1C(=O)[C@@H](N)CC(=O)O)C(=O)NCC(=O)NCCCO. The molecule has 1 aliphatic heterocycles. The quantitative estimate of drug-likeness (QED) is 0.0573. The second-order valence-electron chi connectivity index (χ2n) is 12.3. The number of aliphatic hydroxyl groups excluding tert-OH is 2. The molecule has 1 heterocycles. The summed E-state index contributed by atoms with van der Waals surface area (Å²) in [4.78, 5) is 103. The highest BCUT2D eigenvalue weighted by Crippen LogP contribution is 2.34. The maximum absolute atomic E-state index is 13.8. The molecule has 6 atom stereocenters. The van der Waals surface area contributed by atoms with Gasteiger partial charge in [-0.15, -0.1) is 0 Å². The Morgan fingerprint density at radius 1 is 0.882 bits per heavy atom. The van der Waals surface area contributed by atoms with Gasteiger partial charge in [-0.1, -0.05) is 44.2 Å². The number of carbonyl (C=O) groups excluding carboxylic acids is 7. The lowest BCUT2D eigenvalue weighted by atomic mass is 9.90. The Hall–Kier alpha value is -5.14. The van der Waals surface area contributed by atoms with Gasteiger partial charge in [0.2, 0.25) is 41.4 Å². The highest BCUT2D eigenvalue weighted by atomic mass is 16.4. The van der Waals surface area contributed by atoms with Crippen LogP contribution in [-0.2, 0) is 38.4 Å². The number of rotatable bonds is 20. The van der Waals surface area contributed by atoms with E-state index in [4.69, 9.17) is 21.7 Å². The number of carboxylic acids is 1. The molecule has 19 heteroatoms. The minimum atomic E-state index is -1.69. The van der Waals surface area contributed by atoms with E-state index < -0.39 is 115 Å². The van der Waals surface area contributed by atoms with Crippen molar-refractivity contribution in [2.24, 2.45) is 17.4 Å². The lowest BCUT2D eigenvalue weighted by Crippen LogP contribution is -2.60. The average Bonchev–Trinajstić information content (AvgIpc) is 3.53. The Bertz CT molecular complexity index is 1410. The molecule has 282 valence electrons. The van der Waals surface area contributed by atoms with Gasteiger partial charge in [0.25, 0.3) is 0 Å². The predicted octanol–water partition coefficient (Wildman–Crippen LogP) is -4.23. The van der Waals surface area contributed by atoms with Gasteiger partial charge in [0, 0.05) is 25.6 Å². The monoisotopic (exact) mass is 720 g/mol. The van der Waals surface area contributed by atoms with Crippen LogP contribution in [0.2, 0.25) is 0 Å². The fourth-order valence-electron chi connectivity index (χ4n) is 5.47. The molecule has 0 aromatic heterocycles. The molecule has 0 aliphatic carbocycles. The number of carbonyl (C=O) groups is 8. The van der Waals surface area contributed by atoms with Crippen LogP contribution in [0.15, 0.2) is 30.3 Å². The molecule has 0 bridgehead atoms. The summed E-state index contributed by atoms with van der Waals surface area (Å²) in [5.41, 5.74) is 11.9. The lowest BCUT2D eigenvalue weighted by molar-refractivity contribution is -0.144. The van der Waals surface area contributed by atoms with Gasteiger partial charge < -0.3 is 58.3 Å². The topological polar surface area (TPSA) is 313 Å². The maximum atomic E-state index is 13.8. The number of likely N-dealkylation sites (tertiary alicyclic amines) is 1. The van der Waals surface area contributed by atoms with Gasteiger partial charge in [0.1, 0.15) is 24.2 Å². The molecule has 2 rings (SSSR count). The van der Waals surface area contributed by atoms with Crippen molar-refractivity contribution >= 4 is 47.3 Å². The van der Waals surface area contributed by atoms with Crippen LogP contribution in [0, 0.1) is 5.92 Å². The molecule has 1 saturated heterocycles.